The molecule has 0 spiro atoms. The number of ketones is 1. The van der Waals surface area contributed by atoms with Crippen LogP contribution in [0.25, 0.3) is 0 Å². The Morgan fingerprint density at radius 2 is 1.68 bits per heavy atom. The van der Waals surface area contributed by atoms with Gasteiger partial charge in [-0.3, -0.25) is 9.59 Å². The van der Waals surface area contributed by atoms with Gasteiger partial charge in [-0.05, 0) is 23.8 Å². The topological polar surface area (TPSA) is 49.9 Å². The number of ether oxygens (including phenoxy) is 1. The summed E-state index contributed by atoms with van der Waals surface area (Å²) in [6.45, 7) is 4.84. The van der Waals surface area contributed by atoms with Gasteiger partial charge < -0.3 is 14.5 Å². The van der Waals surface area contributed by atoms with E-state index in [1.165, 1.54) is 0 Å². The zero-order valence-electron chi connectivity index (χ0n) is 16.1. The highest BCUT2D eigenvalue weighted by Crippen LogP contribution is 2.25. The van der Waals surface area contributed by atoms with E-state index in [4.69, 9.17) is 16.3 Å². The van der Waals surface area contributed by atoms with Crippen molar-refractivity contribution < 1.29 is 14.3 Å². The number of carbonyl (C=O) groups excluding carboxylic acids is 2. The largest absolute Gasteiger partial charge is 0.484 e. The molecule has 1 saturated heterocycles. The zero-order chi connectivity index (χ0) is 19.9. The molecule has 1 heterocycles. The number of para-hydroxylation sites is 2. The molecule has 0 saturated carbocycles. The smallest absolute Gasteiger partial charge is 0.222 e. The van der Waals surface area contributed by atoms with Gasteiger partial charge in [0, 0.05) is 44.7 Å². The van der Waals surface area contributed by atoms with Crippen molar-refractivity contribution in [2.45, 2.75) is 19.8 Å². The van der Waals surface area contributed by atoms with Crippen molar-refractivity contribution in [3.63, 3.8) is 0 Å². The van der Waals surface area contributed by atoms with Gasteiger partial charge in [-0.15, -0.1) is 0 Å². The minimum Gasteiger partial charge on any atom is -0.484 e. The Balaban J connectivity index is 1.60. The zero-order valence-corrected chi connectivity index (χ0v) is 16.8. The van der Waals surface area contributed by atoms with Crippen LogP contribution in [0.4, 0.5) is 5.69 Å². The lowest BCUT2D eigenvalue weighted by atomic mass is 10.1. The van der Waals surface area contributed by atoms with Gasteiger partial charge in [0.1, 0.15) is 12.4 Å². The first kappa shape index (κ1) is 20.2. The molecule has 28 heavy (non-hydrogen) atoms. The predicted molar refractivity (Wildman–Crippen MR) is 111 cm³/mol. The maximum absolute atomic E-state index is 12.5. The van der Waals surface area contributed by atoms with Crippen LogP contribution in [-0.2, 0) is 16.0 Å². The van der Waals surface area contributed by atoms with Crippen LogP contribution in [0.1, 0.15) is 18.9 Å². The first-order valence-corrected chi connectivity index (χ1v) is 9.96. The van der Waals surface area contributed by atoms with Crippen molar-refractivity contribution in [3.05, 3.63) is 59.1 Å². The van der Waals surface area contributed by atoms with E-state index in [0.717, 1.165) is 24.3 Å². The number of carbonyl (C=O) groups is 2. The molecule has 1 fully saturated rings. The van der Waals surface area contributed by atoms with Crippen LogP contribution in [0.5, 0.6) is 5.75 Å². The molecule has 5 nitrogen and oxygen atoms in total. The standard InChI is InChI=1S/C22H25ClN2O3/c1-2-22(27)25-13-11-24(12-14-25)20-9-5-3-7-17(20)15-18(26)16-28-21-10-6-4-8-19(21)23/h3-10H,2,11-16H2,1H3. The van der Waals surface area contributed by atoms with E-state index in [2.05, 4.69) is 4.90 Å². The number of anilines is 1. The molecule has 148 valence electrons. The van der Waals surface area contributed by atoms with E-state index < -0.39 is 0 Å². The number of Topliss-reactive ketones (excluding diaryl/α,β-unsaturated/α-hetero) is 1. The van der Waals surface area contributed by atoms with Gasteiger partial charge in [0.25, 0.3) is 0 Å². The van der Waals surface area contributed by atoms with Gasteiger partial charge in [0.15, 0.2) is 5.78 Å². The van der Waals surface area contributed by atoms with Crippen LogP contribution in [0.2, 0.25) is 5.02 Å². The van der Waals surface area contributed by atoms with Gasteiger partial charge in [-0.25, -0.2) is 0 Å². The van der Waals surface area contributed by atoms with Crippen LogP contribution >= 0.6 is 11.6 Å². The normalized spacial score (nSPS) is 14.1. The highest BCUT2D eigenvalue weighted by molar-refractivity contribution is 6.32. The second kappa shape index (κ2) is 9.60. The van der Waals surface area contributed by atoms with Crippen molar-refractivity contribution in [1.82, 2.24) is 4.90 Å². The van der Waals surface area contributed by atoms with Crippen molar-refractivity contribution in [2.75, 3.05) is 37.7 Å². The molecule has 1 aliphatic rings. The number of rotatable bonds is 7. The fourth-order valence-corrected chi connectivity index (χ4v) is 3.56. The lowest BCUT2D eigenvalue weighted by Gasteiger charge is -2.37. The molecule has 0 aliphatic carbocycles. The van der Waals surface area contributed by atoms with Gasteiger partial charge >= 0.3 is 0 Å². The number of piperazine rings is 1. The lowest BCUT2D eigenvalue weighted by Crippen LogP contribution is -2.48. The second-order valence-electron chi connectivity index (χ2n) is 6.78. The minimum atomic E-state index is -0.0170. The third-order valence-corrected chi connectivity index (χ3v) is 5.19. The summed E-state index contributed by atoms with van der Waals surface area (Å²) in [4.78, 5) is 28.5. The maximum atomic E-state index is 12.5. The van der Waals surface area contributed by atoms with Gasteiger partial charge in [-0.1, -0.05) is 48.9 Å². The molecule has 0 aromatic heterocycles. The summed E-state index contributed by atoms with van der Waals surface area (Å²) in [7, 11) is 0. The monoisotopic (exact) mass is 400 g/mol. The van der Waals surface area contributed by atoms with E-state index >= 15 is 0 Å². The van der Waals surface area contributed by atoms with Crippen molar-refractivity contribution >= 4 is 29.0 Å². The molecule has 0 radical (unpaired) electrons. The van der Waals surface area contributed by atoms with Crippen LogP contribution in [-0.4, -0.2) is 49.4 Å². The molecule has 0 unspecified atom stereocenters. The fourth-order valence-electron chi connectivity index (χ4n) is 3.37. The number of nitrogens with zero attached hydrogens (tertiary/aromatic N) is 2. The van der Waals surface area contributed by atoms with Gasteiger partial charge in [-0.2, -0.15) is 0 Å². The van der Waals surface area contributed by atoms with E-state index in [1.807, 2.05) is 48.2 Å². The Hall–Kier alpha value is -2.53. The lowest BCUT2D eigenvalue weighted by molar-refractivity contribution is -0.131. The summed E-state index contributed by atoms with van der Waals surface area (Å²) in [6, 6.07) is 15.1. The van der Waals surface area contributed by atoms with Crippen LogP contribution in [0.15, 0.2) is 48.5 Å². The van der Waals surface area contributed by atoms with Crippen LogP contribution in [0, 0.1) is 0 Å². The molecule has 3 rings (SSSR count). The molecule has 6 heteroatoms. The van der Waals surface area contributed by atoms with Crippen LogP contribution in [0.3, 0.4) is 0 Å². The fraction of sp³-hybridized carbons (Fsp3) is 0.364. The molecule has 1 amide bonds. The van der Waals surface area contributed by atoms with Crippen molar-refractivity contribution in [1.29, 1.82) is 0 Å². The molecular formula is C22H25ClN2O3. The number of hydrogen-bond acceptors (Lipinski definition) is 4. The summed E-state index contributed by atoms with van der Waals surface area (Å²) < 4.78 is 5.57. The summed E-state index contributed by atoms with van der Waals surface area (Å²) >= 11 is 6.07. The third-order valence-electron chi connectivity index (χ3n) is 4.88. The third kappa shape index (κ3) is 5.04. The Kier molecular flexibility index (Phi) is 6.93. The molecule has 0 atom stereocenters. The summed E-state index contributed by atoms with van der Waals surface area (Å²) in [5, 5.41) is 0.496. The highest BCUT2D eigenvalue weighted by Gasteiger charge is 2.22. The number of halogens is 1. The molecule has 1 aliphatic heterocycles. The average molecular weight is 401 g/mol. The summed E-state index contributed by atoms with van der Waals surface area (Å²) in [5.74, 6) is 0.703. The highest BCUT2D eigenvalue weighted by atomic mass is 35.5. The van der Waals surface area contributed by atoms with E-state index in [9.17, 15) is 9.59 Å². The van der Waals surface area contributed by atoms with E-state index in [1.54, 1.807) is 12.1 Å². The second-order valence-corrected chi connectivity index (χ2v) is 7.19. The number of amides is 1. The first-order valence-electron chi connectivity index (χ1n) is 9.58. The van der Waals surface area contributed by atoms with Crippen LogP contribution < -0.4 is 9.64 Å². The maximum Gasteiger partial charge on any atom is 0.222 e. The Bertz CT molecular complexity index is 832. The Morgan fingerprint density at radius 1 is 1.00 bits per heavy atom. The van der Waals surface area contributed by atoms with Crippen molar-refractivity contribution in [2.24, 2.45) is 0 Å². The van der Waals surface area contributed by atoms with Gasteiger partial charge in [0.05, 0.1) is 5.02 Å². The van der Waals surface area contributed by atoms with Gasteiger partial charge in [0.2, 0.25) is 5.91 Å². The minimum absolute atomic E-state index is 0.00725. The first-order chi connectivity index (χ1) is 13.6. The quantitative estimate of drug-likeness (QED) is 0.712. The average Bonchev–Trinajstić information content (AvgIpc) is 2.73. The van der Waals surface area contributed by atoms with Crippen molar-refractivity contribution in [3.8, 4) is 5.75 Å². The SMILES string of the molecule is CCC(=O)N1CCN(c2ccccc2CC(=O)COc2ccccc2Cl)CC1. The Labute approximate surface area is 170 Å². The van der Waals surface area contributed by atoms with E-state index in [0.29, 0.717) is 36.7 Å². The number of hydrogen-bond donors (Lipinski definition) is 0. The Morgan fingerprint density at radius 3 is 2.39 bits per heavy atom. The van der Waals surface area contributed by atoms with E-state index in [-0.39, 0.29) is 18.3 Å². The molecule has 2 aromatic rings. The number of benzene rings is 2. The molecule has 2 aromatic carbocycles. The predicted octanol–water partition coefficient (Wildman–Crippen LogP) is 3.59. The summed E-state index contributed by atoms with van der Waals surface area (Å²) in [5.41, 5.74) is 2.03. The molecular weight excluding hydrogens is 376 g/mol. The summed E-state index contributed by atoms with van der Waals surface area (Å²) in [6.07, 6.45) is 0.839. The molecule has 0 bridgehead atoms. The molecule has 0 N–H and O–H groups in total.